The summed E-state index contributed by atoms with van der Waals surface area (Å²) in [6.45, 7) is 10.3. The summed E-state index contributed by atoms with van der Waals surface area (Å²) < 4.78 is 0. The molecule has 2 atom stereocenters. The Balaban J connectivity index is 2.70. The molecule has 1 rings (SSSR count). The standard InChI is InChI=1S/C11H25N3/c1-6-14(7-2)11-12(4)9-8-10(3)13(11)5/h10-11H,6-9H2,1-5H3. The molecule has 0 amide bonds. The van der Waals surface area contributed by atoms with Crippen molar-refractivity contribution in [1.29, 1.82) is 0 Å². The summed E-state index contributed by atoms with van der Waals surface area (Å²) in [6.07, 6.45) is 1.78. The third-order valence-electron chi connectivity index (χ3n) is 3.49. The lowest BCUT2D eigenvalue weighted by atomic mass is 10.1. The van der Waals surface area contributed by atoms with E-state index in [-0.39, 0.29) is 0 Å². The van der Waals surface area contributed by atoms with Crippen molar-refractivity contribution in [2.45, 2.75) is 39.5 Å². The van der Waals surface area contributed by atoms with E-state index in [1.165, 1.54) is 13.0 Å². The van der Waals surface area contributed by atoms with Gasteiger partial charge in [-0.3, -0.25) is 14.7 Å². The summed E-state index contributed by atoms with van der Waals surface area (Å²) in [4.78, 5) is 7.44. The molecular formula is C11H25N3. The first-order chi connectivity index (χ1) is 6.61. The highest BCUT2D eigenvalue weighted by Gasteiger charge is 2.31. The van der Waals surface area contributed by atoms with E-state index in [0.29, 0.717) is 12.3 Å². The Kier molecular flexibility index (Phi) is 4.35. The predicted molar refractivity (Wildman–Crippen MR) is 61.2 cm³/mol. The van der Waals surface area contributed by atoms with Crippen LogP contribution in [0.3, 0.4) is 0 Å². The topological polar surface area (TPSA) is 9.72 Å². The van der Waals surface area contributed by atoms with E-state index in [4.69, 9.17) is 0 Å². The Hall–Kier alpha value is -0.120. The maximum Gasteiger partial charge on any atom is 0.119 e. The van der Waals surface area contributed by atoms with E-state index >= 15 is 0 Å². The molecule has 1 aliphatic heterocycles. The first kappa shape index (κ1) is 12.0. The van der Waals surface area contributed by atoms with Crippen LogP contribution in [0.4, 0.5) is 0 Å². The van der Waals surface area contributed by atoms with Gasteiger partial charge in [0.25, 0.3) is 0 Å². The third kappa shape index (κ3) is 2.27. The first-order valence-corrected chi connectivity index (χ1v) is 5.78. The van der Waals surface area contributed by atoms with Crippen LogP contribution in [0.2, 0.25) is 0 Å². The quantitative estimate of drug-likeness (QED) is 0.678. The molecule has 0 aromatic carbocycles. The van der Waals surface area contributed by atoms with E-state index in [1.54, 1.807) is 0 Å². The van der Waals surface area contributed by atoms with Crippen molar-refractivity contribution >= 4 is 0 Å². The Morgan fingerprint density at radius 1 is 1.21 bits per heavy atom. The van der Waals surface area contributed by atoms with E-state index in [2.05, 4.69) is 49.6 Å². The SMILES string of the molecule is CCN(CC)C1N(C)CCC(C)N1C. The van der Waals surface area contributed by atoms with Crippen LogP contribution in [0, 0.1) is 0 Å². The Morgan fingerprint density at radius 2 is 1.79 bits per heavy atom. The van der Waals surface area contributed by atoms with Gasteiger partial charge >= 0.3 is 0 Å². The van der Waals surface area contributed by atoms with Gasteiger partial charge in [-0.25, -0.2) is 0 Å². The fourth-order valence-electron chi connectivity index (χ4n) is 2.33. The minimum absolute atomic E-state index is 0.494. The fourth-order valence-corrected chi connectivity index (χ4v) is 2.33. The molecule has 1 saturated heterocycles. The summed E-state index contributed by atoms with van der Waals surface area (Å²) >= 11 is 0. The molecule has 0 radical (unpaired) electrons. The molecule has 3 nitrogen and oxygen atoms in total. The van der Waals surface area contributed by atoms with Crippen molar-refractivity contribution in [3.8, 4) is 0 Å². The third-order valence-corrected chi connectivity index (χ3v) is 3.49. The molecule has 0 bridgehead atoms. The van der Waals surface area contributed by atoms with Crippen LogP contribution in [0.15, 0.2) is 0 Å². The zero-order valence-electron chi connectivity index (χ0n) is 10.3. The van der Waals surface area contributed by atoms with Gasteiger partial charge in [-0.15, -0.1) is 0 Å². The minimum atomic E-state index is 0.494. The van der Waals surface area contributed by atoms with Gasteiger partial charge in [0.15, 0.2) is 0 Å². The van der Waals surface area contributed by atoms with Gasteiger partial charge in [0, 0.05) is 12.6 Å². The molecule has 84 valence electrons. The van der Waals surface area contributed by atoms with Crippen LogP contribution in [0.5, 0.6) is 0 Å². The average Bonchev–Trinajstić information content (AvgIpc) is 2.19. The van der Waals surface area contributed by atoms with Crippen LogP contribution in [0.1, 0.15) is 27.2 Å². The highest BCUT2D eigenvalue weighted by molar-refractivity contribution is 4.79. The molecule has 0 spiro atoms. The maximum atomic E-state index is 2.51. The number of rotatable bonds is 3. The lowest BCUT2D eigenvalue weighted by molar-refractivity contribution is -0.0900. The number of hydrogen-bond donors (Lipinski definition) is 0. The molecule has 2 unspecified atom stereocenters. The van der Waals surface area contributed by atoms with Gasteiger partial charge in [0.05, 0.1) is 0 Å². The highest BCUT2D eigenvalue weighted by atomic mass is 15.5. The molecule has 14 heavy (non-hydrogen) atoms. The Labute approximate surface area is 88.7 Å². The van der Waals surface area contributed by atoms with Crippen molar-refractivity contribution < 1.29 is 0 Å². The molecule has 0 saturated carbocycles. The minimum Gasteiger partial charge on any atom is -0.278 e. The zero-order chi connectivity index (χ0) is 10.7. The van der Waals surface area contributed by atoms with E-state index in [0.717, 1.165) is 13.1 Å². The second kappa shape index (κ2) is 5.10. The van der Waals surface area contributed by atoms with E-state index < -0.39 is 0 Å². The zero-order valence-corrected chi connectivity index (χ0v) is 10.3. The average molecular weight is 199 g/mol. The van der Waals surface area contributed by atoms with Gasteiger partial charge in [0.2, 0.25) is 0 Å². The van der Waals surface area contributed by atoms with Gasteiger partial charge in [-0.2, -0.15) is 0 Å². The second-order valence-corrected chi connectivity index (χ2v) is 4.35. The van der Waals surface area contributed by atoms with Crippen LogP contribution in [-0.4, -0.2) is 60.8 Å². The number of hydrogen-bond acceptors (Lipinski definition) is 3. The number of nitrogens with zero attached hydrogens (tertiary/aromatic N) is 3. The summed E-state index contributed by atoms with van der Waals surface area (Å²) in [7, 11) is 4.47. The monoisotopic (exact) mass is 199 g/mol. The van der Waals surface area contributed by atoms with Crippen molar-refractivity contribution in [2.24, 2.45) is 0 Å². The predicted octanol–water partition coefficient (Wildman–Crippen LogP) is 1.27. The van der Waals surface area contributed by atoms with Crippen LogP contribution >= 0.6 is 0 Å². The van der Waals surface area contributed by atoms with Gasteiger partial charge in [-0.05, 0) is 40.5 Å². The molecule has 0 aromatic rings. The normalized spacial score (nSPS) is 31.3. The van der Waals surface area contributed by atoms with Crippen molar-refractivity contribution in [3.05, 3.63) is 0 Å². The van der Waals surface area contributed by atoms with E-state index in [9.17, 15) is 0 Å². The van der Waals surface area contributed by atoms with E-state index in [1.807, 2.05) is 0 Å². The smallest absolute Gasteiger partial charge is 0.119 e. The van der Waals surface area contributed by atoms with Crippen LogP contribution in [0.25, 0.3) is 0 Å². The van der Waals surface area contributed by atoms with Gasteiger partial charge < -0.3 is 0 Å². The molecule has 1 heterocycles. The van der Waals surface area contributed by atoms with Crippen LogP contribution < -0.4 is 0 Å². The van der Waals surface area contributed by atoms with Gasteiger partial charge in [-0.1, -0.05) is 13.8 Å². The molecule has 0 aliphatic carbocycles. The summed E-state index contributed by atoms with van der Waals surface area (Å²) in [5.41, 5.74) is 0. The molecular weight excluding hydrogens is 174 g/mol. The first-order valence-electron chi connectivity index (χ1n) is 5.78. The summed E-state index contributed by atoms with van der Waals surface area (Å²) in [5.74, 6) is 0. The van der Waals surface area contributed by atoms with Crippen molar-refractivity contribution in [2.75, 3.05) is 33.7 Å². The van der Waals surface area contributed by atoms with Crippen LogP contribution in [-0.2, 0) is 0 Å². The maximum absolute atomic E-state index is 2.51. The Bertz CT molecular complexity index is 166. The largest absolute Gasteiger partial charge is 0.278 e. The molecule has 1 aliphatic rings. The van der Waals surface area contributed by atoms with Gasteiger partial charge in [0.1, 0.15) is 6.29 Å². The fraction of sp³-hybridized carbons (Fsp3) is 1.00. The molecule has 0 aromatic heterocycles. The lowest BCUT2D eigenvalue weighted by Crippen LogP contribution is -2.61. The second-order valence-electron chi connectivity index (χ2n) is 4.35. The highest BCUT2D eigenvalue weighted by Crippen LogP contribution is 2.19. The molecule has 0 N–H and O–H groups in total. The lowest BCUT2D eigenvalue weighted by Gasteiger charge is -2.48. The summed E-state index contributed by atoms with van der Waals surface area (Å²) in [6, 6.07) is 0.705. The van der Waals surface area contributed by atoms with Crippen molar-refractivity contribution in [1.82, 2.24) is 14.7 Å². The molecule has 1 fully saturated rings. The molecule has 3 heteroatoms. The summed E-state index contributed by atoms with van der Waals surface area (Å²) in [5, 5.41) is 0. The van der Waals surface area contributed by atoms with Crippen molar-refractivity contribution in [3.63, 3.8) is 0 Å². The Morgan fingerprint density at radius 3 is 2.29 bits per heavy atom.